The van der Waals surface area contributed by atoms with Crippen molar-refractivity contribution in [3.8, 4) is 6.01 Å². The van der Waals surface area contributed by atoms with Crippen LogP contribution in [0.4, 0.5) is 5.82 Å². The smallest absolute Gasteiger partial charge is 0.320 e. The maximum atomic E-state index is 6.03. The fraction of sp³-hybridized carbons (Fsp3) is 0.385. The third-order valence-electron chi connectivity index (χ3n) is 2.95. The van der Waals surface area contributed by atoms with Gasteiger partial charge >= 0.3 is 6.01 Å². The summed E-state index contributed by atoms with van der Waals surface area (Å²) >= 11 is 6.03. The molecule has 3 heterocycles. The van der Waals surface area contributed by atoms with Crippen molar-refractivity contribution in [2.45, 2.75) is 6.61 Å². The minimum atomic E-state index is 0.198. The molecule has 8 heteroatoms. The predicted molar refractivity (Wildman–Crippen MR) is 76.4 cm³/mol. The third-order valence-corrected chi connectivity index (χ3v) is 3.14. The number of hydrogen-bond donors (Lipinski definition) is 0. The number of aromatic nitrogens is 4. The second kappa shape index (κ2) is 6.64. The standard InChI is InChI=1S/C13H14ClN5O2/c14-10-8-12(19-4-6-20-7-5-19)18-13(17-10)21-9-11-15-2-1-3-16-11/h1-3,8H,4-7,9H2. The first-order valence-corrected chi connectivity index (χ1v) is 6.95. The van der Waals surface area contributed by atoms with E-state index in [4.69, 9.17) is 21.1 Å². The van der Waals surface area contributed by atoms with Crippen molar-refractivity contribution in [2.75, 3.05) is 31.2 Å². The number of rotatable bonds is 4. The van der Waals surface area contributed by atoms with Gasteiger partial charge in [-0.1, -0.05) is 11.6 Å². The van der Waals surface area contributed by atoms with Gasteiger partial charge in [0.25, 0.3) is 0 Å². The Hall–Kier alpha value is -1.99. The van der Waals surface area contributed by atoms with Gasteiger partial charge in [-0.05, 0) is 6.07 Å². The molecule has 7 nitrogen and oxygen atoms in total. The molecule has 0 saturated carbocycles. The van der Waals surface area contributed by atoms with Crippen molar-refractivity contribution in [3.63, 3.8) is 0 Å². The van der Waals surface area contributed by atoms with E-state index in [1.807, 2.05) is 0 Å². The minimum Gasteiger partial charge on any atom is -0.455 e. The first-order chi connectivity index (χ1) is 10.3. The molecule has 110 valence electrons. The molecule has 0 unspecified atom stereocenters. The molecule has 0 atom stereocenters. The molecular formula is C13H14ClN5O2. The van der Waals surface area contributed by atoms with E-state index in [1.54, 1.807) is 24.5 Å². The number of ether oxygens (including phenoxy) is 2. The quantitative estimate of drug-likeness (QED) is 0.789. The Balaban J connectivity index is 1.71. The number of nitrogens with zero attached hydrogens (tertiary/aromatic N) is 5. The highest BCUT2D eigenvalue weighted by atomic mass is 35.5. The molecule has 2 aromatic rings. The maximum absolute atomic E-state index is 6.03. The van der Waals surface area contributed by atoms with E-state index < -0.39 is 0 Å². The average Bonchev–Trinajstić information content (AvgIpc) is 2.54. The Morgan fingerprint density at radius 1 is 1.19 bits per heavy atom. The topological polar surface area (TPSA) is 73.3 Å². The van der Waals surface area contributed by atoms with Gasteiger partial charge in [0, 0.05) is 31.5 Å². The van der Waals surface area contributed by atoms with Gasteiger partial charge in [-0.2, -0.15) is 9.97 Å². The van der Waals surface area contributed by atoms with Gasteiger partial charge in [-0.3, -0.25) is 0 Å². The first kappa shape index (κ1) is 14.0. The van der Waals surface area contributed by atoms with Crippen molar-refractivity contribution in [1.82, 2.24) is 19.9 Å². The van der Waals surface area contributed by atoms with Gasteiger partial charge in [-0.25, -0.2) is 9.97 Å². The maximum Gasteiger partial charge on any atom is 0.320 e. The number of anilines is 1. The summed E-state index contributed by atoms with van der Waals surface area (Å²) in [4.78, 5) is 18.7. The number of halogens is 1. The summed E-state index contributed by atoms with van der Waals surface area (Å²) in [6, 6.07) is 3.69. The molecule has 1 aliphatic rings. The van der Waals surface area contributed by atoms with E-state index in [9.17, 15) is 0 Å². The second-order valence-corrected chi connectivity index (χ2v) is 4.77. The summed E-state index contributed by atoms with van der Waals surface area (Å²) in [5, 5.41) is 0.343. The Kier molecular flexibility index (Phi) is 4.42. The van der Waals surface area contributed by atoms with Crippen LogP contribution < -0.4 is 9.64 Å². The lowest BCUT2D eigenvalue weighted by Crippen LogP contribution is -2.36. The molecule has 0 amide bonds. The van der Waals surface area contributed by atoms with E-state index in [0.717, 1.165) is 18.9 Å². The van der Waals surface area contributed by atoms with Crippen LogP contribution in [0.1, 0.15) is 5.82 Å². The highest BCUT2D eigenvalue weighted by Gasteiger charge is 2.15. The van der Waals surface area contributed by atoms with Gasteiger partial charge in [0.15, 0.2) is 12.4 Å². The zero-order valence-electron chi connectivity index (χ0n) is 11.3. The molecule has 0 aliphatic carbocycles. The van der Waals surface area contributed by atoms with Crippen LogP contribution in [-0.4, -0.2) is 46.2 Å². The van der Waals surface area contributed by atoms with E-state index in [2.05, 4.69) is 24.8 Å². The SMILES string of the molecule is Clc1cc(N2CCOCC2)nc(OCc2ncccn2)n1. The molecule has 2 aromatic heterocycles. The molecule has 0 radical (unpaired) electrons. The lowest BCUT2D eigenvalue weighted by atomic mass is 10.4. The number of hydrogen-bond acceptors (Lipinski definition) is 7. The zero-order valence-corrected chi connectivity index (χ0v) is 12.0. The van der Waals surface area contributed by atoms with Crippen molar-refractivity contribution in [3.05, 3.63) is 35.5 Å². The Labute approximate surface area is 126 Å². The molecule has 0 N–H and O–H groups in total. The van der Waals surface area contributed by atoms with Gasteiger partial charge in [-0.15, -0.1) is 0 Å². The third kappa shape index (κ3) is 3.77. The lowest BCUT2D eigenvalue weighted by molar-refractivity contribution is 0.122. The zero-order chi connectivity index (χ0) is 14.5. The fourth-order valence-electron chi connectivity index (χ4n) is 1.94. The molecule has 0 spiro atoms. The van der Waals surface area contributed by atoms with Crippen LogP contribution in [0.5, 0.6) is 6.01 Å². The van der Waals surface area contributed by atoms with Crippen molar-refractivity contribution in [2.24, 2.45) is 0 Å². The van der Waals surface area contributed by atoms with Crippen LogP contribution in [-0.2, 0) is 11.3 Å². The summed E-state index contributed by atoms with van der Waals surface area (Å²) in [6.45, 7) is 3.10. The van der Waals surface area contributed by atoms with E-state index in [1.165, 1.54) is 0 Å². The van der Waals surface area contributed by atoms with Crippen molar-refractivity contribution >= 4 is 17.4 Å². The number of morpholine rings is 1. The highest BCUT2D eigenvalue weighted by Crippen LogP contribution is 2.20. The molecular weight excluding hydrogens is 294 g/mol. The van der Waals surface area contributed by atoms with Crippen LogP contribution in [0.15, 0.2) is 24.5 Å². The van der Waals surface area contributed by atoms with Crippen LogP contribution in [0.25, 0.3) is 0 Å². The predicted octanol–water partition coefficient (Wildman–Crippen LogP) is 1.34. The highest BCUT2D eigenvalue weighted by molar-refractivity contribution is 6.29. The summed E-state index contributed by atoms with van der Waals surface area (Å²) in [5.74, 6) is 1.30. The molecule has 3 rings (SSSR count). The van der Waals surface area contributed by atoms with Crippen LogP contribution >= 0.6 is 11.6 Å². The van der Waals surface area contributed by atoms with Crippen molar-refractivity contribution in [1.29, 1.82) is 0 Å². The van der Waals surface area contributed by atoms with Crippen LogP contribution in [0, 0.1) is 0 Å². The normalized spacial score (nSPS) is 15.0. The summed E-state index contributed by atoms with van der Waals surface area (Å²) < 4.78 is 10.8. The van der Waals surface area contributed by atoms with Crippen LogP contribution in [0.2, 0.25) is 5.15 Å². The largest absolute Gasteiger partial charge is 0.455 e. The second-order valence-electron chi connectivity index (χ2n) is 4.38. The Morgan fingerprint density at radius 2 is 1.95 bits per heavy atom. The molecule has 1 aliphatic heterocycles. The van der Waals surface area contributed by atoms with Crippen LogP contribution in [0.3, 0.4) is 0 Å². The first-order valence-electron chi connectivity index (χ1n) is 6.57. The van der Waals surface area contributed by atoms with Gasteiger partial charge in [0.1, 0.15) is 11.0 Å². The summed E-state index contributed by atoms with van der Waals surface area (Å²) in [5.41, 5.74) is 0. The van der Waals surface area contributed by atoms with Gasteiger partial charge in [0.05, 0.1) is 13.2 Å². The van der Waals surface area contributed by atoms with Crippen molar-refractivity contribution < 1.29 is 9.47 Å². The molecule has 21 heavy (non-hydrogen) atoms. The monoisotopic (exact) mass is 307 g/mol. The Morgan fingerprint density at radius 3 is 2.71 bits per heavy atom. The molecule has 1 saturated heterocycles. The fourth-order valence-corrected chi connectivity index (χ4v) is 2.11. The average molecular weight is 308 g/mol. The van der Waals surface area contributed by atoms with Gasteiger partial charge in [0.2, 0.25) is 0 Å². The molecule has 1 fully saturated rings. The summed E-state index contributed by atoms with van der Waals surface area (Å²) in [7, 11) is 0. The Bertz CT molecular complexity index is 592. The molecule has 0 bridgehead atoms. The van der Waals surface area contributed by atoms with Gasteiger partial charge < -0.3 is 14.4 Å². The van der Waals surface area contributed by atoms with E-state index >= 15 is 0 Å². The molecule has 0 aromatic carbocycles. The van der Waals surface area contributed by atoms with E-state index in [-0.39, 0.29) is 12.6 Å². The van der Waals surface area contributed by atoms with E-state index in [0.29, 0.717) is 24.2 Å². The summed E-state index contributed by atoms with van der Waals surface area (Å²) in [6.07, 6.45) is 3.31. The minimum absolute atomic E-state index is 0.198. The lowest BCUT2D eigenvalue weighted by Gasteiger charge is -2.27.